The lowest BCUT2D eigenvalue weighted by molar-refractivity contribution is -0.117. The van der Waals surface area contributed by atoms with Gasteiger partial charge in [-0.3, -0.25) is 4.79 Å². The standard InChI is InChI=1S/C17H22ClN3O2/c1-2-3-10-23-11-4-9-20-17(22)14(12-19)13-21-16-7-5-15(18)6-8-16/h5-8,13,21H,2-4,9-11H2,1H3,(H,20,22)/b14-13-. The number of benzene rings is 1. The SMILES string of the molecule is CCCCOCCCNC(=O)/C(C#N)=C\Nc1ccc(Cl)cc1. The Morgan fingerprint density at radius 1 is 1.30 bits per heavy atom. The summed E-state index contributed by atoms with van der Waals surface area (Å²) in [5.74, 6) is -0.400. The number of carbonyl (C=O) groups is 1. The second kappa shape index (κ2) is 11.5. The summed E-state index contributed by atoms with van der Waals surface area (Å²) < 4.78 is 5.40. The number of hydrogen-bond acceptors (Lipinski definition) is 4. The van der Waals surface area contributed by atoms with Crippen LogP contribution in [0.5, 0.6) is 0 Å². The van der Waals surface area contributed by atoms with Crippen molar-refractivity contribution in [2.75, 3.05) is 25.1 Å². The largest absolute Gasteiger partial charge is 0.381 e. The van der Waals surface area contributed by atoms with Gasteiger partial charge in [0, 0.05) is 36.7 Å². The highest BCUT2D eigenvalue weighted by Crippen LogP contribution is 2.13. The van der Waals surface area contributed by atoms with E-state index in [9.17, 15) is 4.79 Å². The molecule has 23 heavy (non-hydrogen) atoms. The molecule has 0 radical (unpaired) electrons. The van der Waals surface area contributed by atoms with Crippen LogP contribution < -0.4 is 10.6 Å². The molecule has 1 aromatic rings. The van der Waals surface area contributed by atoms with Crippen LogP contribution in [0, 0.1) is 11.3 Å². The van der Waals surface area contributed by atoms with Crippen LogP contribution in [0.15, 0.2) is 36.0 Å². The first-order valence-electron chi connectivity index (χ1n) is 7.65. The van der Waals surface area contributed by atoms with Crippen molar-refractivity contribution in [3.05, 3.63) is 41.1 Å². The summed E-state index contributed by atoms with van der Waals surface area (Å²) in [4.78, 5) is 11.9. The number of nitrogens with one attached hydrogen (secondary N) is 2. The van der Waals surface area contributed by atoms with Gasteiger partial charge in [-0.05, 0) is 37.1 Å². The summed E-state index contributed by atoms with van der Waals surface area (Å²) in [6.45, 7) is 3.94. The van der Waals surface area contributed by atoms with E-state index in [0.717, 1.165) is 31.6 Å². The zero-order chi connectivity index (χ0) is 16.9. The van der Waals surface area contributed by atoms with Crippen molar-refractivity contribution in [1.29, 1.82) is 5.26 Å². The molecule has 0 heterocycles. The second-order valence-corrected chi connectivity index (χ2v) is 5.33. The third-order valence-electron chi connectivity index (χ3n) is 2.99. The van der Waals surface area contributed by atoms with Crippen molar-refractivity contribution in [2.45, 2.75) is 26.2 Å². The quantitative estimate of drug-likeness (QED) is 0.390. The molecule has 1 rings (SSSR count). The van der Waals surface area contributed by atoms with Crippen LogP contribution >= 0.6 is 11.6 Å². The van der Waals surface area contributed by atoms with Gasteiger partial charge >= 0.3 is 0 Å². The van der Waals surface area contributed by atoms with Crippen molar-refractivity contribution in [3.63, 3.8) is 0 Å². The van der Waals surface area contributed by atoms with E-state index >= 15 is 0 Å². The first-order chi connectivity index (χ1) is 11.2. The minimum absolute atomic E-state index is 0.0202. The predicted molar refractivity (Wildman–Crippen MR) is 92.1 cm³/mol. The van der Waals surface area contributed by atoms with E-state index in [0.29, 0.717) is 18.2 Å². The monoisotopic (exact) mass is 335 g/mol. The van der Waals surface area contributed by atoms with Crippen molar-refractivity contribution < 1.29 is 9.53 Å². The van der Waals surface area contributed by atoms with Gasteiger partial charge in [0.2, 0.25) is 0 Å². The molecule has 0 aliphatic rings. The molecule has 1 amide bonds. The summed E-state index contributed by atoms with van der Waals surface area (Å²) >= 11 is 5.79. The fraction of sp³-hybridized carbons (Fsp3) is 0.412. The average molecular weight is 336 g/mol. The Kier molecular flexibility index (Phi) is 9.53. The van der Waals surface area contributed by atoms with E-state index in [1.807, 2.05) is 6.07 Å². The minimum Gasteiger partial charge on any atom is -0.381 e. The Hall–Kier alpha value is -2.03. The number of carbonyl (C=O) groups excluding carboxylic acids is 1. The zero-order valence-electron chi connectivity index (χ0n) is 13.3. The van der Waals surface area contributed by atoms with E-state index in [-0.39, 0.29) is 5.57 Å². The summed E-state index contributed by atoms with van der Waals surface area (Å²) in [5.41, 5.74) is 0.770. The Labute approximate surface area is 142 Å². The van der Waals surface area contributed by atoms with E-state index < -0.39 is 5.91 Å². The van der Waals surface area contributed by atoms with Crippen molar-refractivity contribution in [3.8, 4) is 6.07 Å². The zero-order valence-corrected chi connectivity index (χ0v) is 14.0. The van der Waals surface area contributed by atoms with E-state index in [4.69, 9.17) is 21.6 Å². The van der Waals surface area contributed by atoms with Gasteiger partial charge in [0.25, 0.3) is 5.91 Å². The molecule has 0 saturated heterocycles. The number of nitrogens with zero attached hydrogens (tertiary/aromatic N) is 1. The van der Waals surface area contributed by atoms with Crippen LogP contribution in [0.3, 0.4) is 0 Å². The first-order valence-corrected chi connectivity index (χ1v) is 8.03. The summed E-state index contributed by atoms with van der Waals surface area (Å²) in [6.07, 6.45) is 4.26. The van der Waals surface area contributed by atoms with E-state index in [1.54, 1.807) is 24.3 Å². The molecule has 0 spiro atoms. The molecule has 0 aromatic heterocycles. The molecule has 0 fully saturated rings. The normalized spacial score (nSPS) is 10.9. The van der Waals surface area contributed by atoms with Crippen LogP contribution in [-0.2, 0) is 9.53 Å². The van der Waals surface area contributed by atoms with Crippen LogP contribution in [0.4, 0.5) is 5.69 Å². The highest BCUT2D eigenvalue weighted by molar-refractivity contribution is 6.30. The lowest BCUT2D eigenvalue weighted by Crippen LogP contribution is -2.26. The lowest BCUT2D eigenvalue weighted by atomic mass is 10.2. The highest BCUT2D eigenvalue weighted by atomic mass is 35.5. The molecule has 1 aromatic carbocycles. The fourth-order valence-electron chi connectivity index (χ4n) is 1.67. The van der Waals surface area contributed by atoms with Crippen LogP contribution in [0.25, 0.3) is 0 Å². The average Bonchev–Trinajstić information content (AvgIpc) is 2.56. The van der Waals surface area contributed by atoms with Crippen molar-refractivity contribution >= 4 is 23.2 Å². The molecule has 0 saturated carbocycles. The molecular formula is C17H22ClN3O2. The Balaban J connectivity index is 2.32. The Bertz CT molecular complexity index is 550. The number of rotatable bonds is 10. The van der Waals surface area contributed by atoms with Crippen molar-refractivity contribution in [1.82, 2.24) is 5.32 Å². The molecule has 0 bridgehead atoms. The number of nitriles is 1. The minimum atomic E-state index is -0.400. The lowest BCUT2D eigenvalue weighted by Gasteiger charge is -2.06. The molecular weight excluding hydrogens is 314 g/mol. The van der Waals surface area contributed by atoms with Crippen LogP contribution in [0.2, 0.25) is 5.02 Å². The van der Waals surface area contributed by atoms with Gasteiger partial charge in [-0.1, -0.05) is 24.9 Å². The Morgan fingerprint density at radius 3 is 2.65 bits per heavy atom. The number of hydrogen-bond donors (Lipinski definition) is 2. The molecule has 2 N–H and O–H groups in total. The third-order valence-corrected chi connectivity index (χ3v) is 3.24. The smallest absolute Gasteiger partial charge is 0.263 e. The van der Waals surface area contributed by atoms with Gasteiger partial charge in [-0.25, -0.2) is 0 Å². The number of amides is 1. The van der Waals surface area contributed by atoms with Gasteiger partial charge in [-0.2, -0.15) is 5.26 Å². The fourth-order valence-corrected chi connectivity index (χ4v) is 1.80. The van der Waals surface area contributed by atoms with Gasteiger partial charge < -0.3 is 15.4 Å². The van der Waals surface area contributed by atoms with Crippen molar-refractivity contribution in [2.24, 2.45) is 0 Å². The Morgan fingerprint density at radius 2 is 2.00 bits per heavy atom. The third kappa shape index (κ3) is 8.24. The van der Waals surface area contributed by atoms with E-state index in [1.165, 1.54) is 6.20 Å². The van der Waals surface area contributed by atoms with Crippen LogP contribution in [-0.4, -0.2) is 25.7 Å². The second-order valence-electron chi connectivity index (χ2n) is 4.90. The molecule has 0 unspecified atom stereocenters. The molecule has 5 nitrogen and oxygen atoms in total. The van der Waals surface area contributed by atoms with E-state index in [2.05, 4.69) is 17.6 Å². The van der Waals surface area contributed by atoms with Gasteiger partial charge in [-0.15, -0.1) is 0 Å². The molecule has 6 heteroatoms. The van der Waals surface area contributed by atoms with Gasteiger partial charge in [0.15, 0.2) is 0 Å². The first kappa shape index (κ1) is 19.0. The number of anilines is 1. The maximum atomic E-state index is 11.9. The maximum absolute atomic E-state index is 11.9. The molecule has 0 aliphatic carbocycles. The summed E-state index contributed by atoms with van der Waals surface area (Å²) in [5, 5.41) is 15.3. The molecule has 0 aliphatic heterocycles. The van der Waals surface area contributed by atoms with Crippen LogP contribution in [0.1, 0.15) is 26.2 Å². The molecule has 124 valence electrons. The number of halogens is 1. The summed E-state index contributed by atoms with van der Waals surface area (Å²) in [7, 11) is 0. The van der Waals surface area contributed by atoms with Gasteiger partial charge in [0.1, 0.15) is 11.6 Å². The summed E-state index contributed by atoms with van der Waals surface area (Å²) in [6, 6.07) is 8.86. The van der Waals surface area contributed by atoms with Gasteiger partial charge in [0.05, 0.1) is 0 Å². The highest BCUT2D eigenvalue weighted by Gasteiger charge is 2.07. The molecule has 0 atom stereocenters. The predicted octanol–water partition coefficient (Wildman–Crippen LogP) is 3.48. The topological polar surface area (TPSA) is 74.1 Å². The number of ether oxygens (including phenoxy) is 1. The number of unbranched alkanes of at least 4 members (excludes halogenated alkanes) is 1. The maximum Gasteiger partial charge on any atom is 0.263 e.